The first kappa shape index (κ1) is 13.3. The number of fused-ring (bicyclic) bond motifs is 1. The van der Waals surface area contributed by atoms with Gasteiger partial charge in [-0.1, -0.05) is 12.1 Å². The Morgan fingerprint density at radius 2 is 2.10 bits per heavy atom. The van der Waals surface area contributed by atoms with Gasteiger partial charge in [0.25, 0.3) is 0 Å². The molecule has 0 fully saturated rings. The fourth-order valence-corrected chi connectivity index (χ4v) is 2.15. The van der Waals surface area contributed by atoms with Crippen molar-refractivity contribution in [2.75, 3.05) is 23.8 Å². The summed E-state index contributed by atoms with van der Waals surface area (Å²) in [6.07, 6.45) is 1.64. The number of rotatable bonds is 4. The van der Waals surface area contributed by atoms with Crippen LogP contribution >= 0.6 is 0 Å². The van der Waals surface area contributed by atoms with Gasteiger partial charge in [-0.2, -0.15) is 15.1 Å². The molecular weight excluding hydrogens is 271 g/mol. The van der Waals surface area contributed by atoms with E-state index in [0.29, 0.717) is 29.6 Å². The largest absolute Gasteiger partial charge is 0.354 e. The van der Waals surface area contributed by atoms with Gasteiger partial charge in [0.1, 0.15) is 11.6 Å². The zero-order valence-electron chi connectivity index (χ0n) is 11.8. The molecule has 0 aliphatic carbocycles. The molecule has 108 valence electrons. The average molecular weight is 286 g/mol. The minimum Gasteiger partial charge on any atom is -0.354 e. The summed E-state index contributed by atoms with van der Waals surface area (Å²) < 4.78 is 14.0. The van der Waals surface area contributed by atoms with E-state index in [4.69, 9.17) is 0 Å². The Hall–Kier alpha value is -2.70. The first-order valence-corrected chi connectivity index (χ1v) is 6.64. The lowest BCUT2D eigenvalue weighted by atomic mass is 10.2. The quantitative estimate of drug-likeness (QED) is 0.771. The maximum Gasteiger partial charge on any atom is 0.226 e. The lowest BCUT2D eigenvalue weighted by molar-refractivity contribution is 0.627. The Morgan fingerprint density at radius 3 is 2.86 bits per heavy atom. The van der Waals surface area contributed by atoms with E-state index in [1.165, 1.54) is 6.07 Å². The number of aromatic nitrogens is 4. The molecule has 2 N–H and O–H groups in total. The van der Waals surface area contributed by atoms with Crippen LogP contribution in [0.25, 0.3) is 11.0 Å². The lowest BCUT2D eigenvalue weighted by Gasteiger charge is -2.20. The number of nitrogens with one attached hydrogen (secondary N) is 2. The molecule has 0 saturated carbocycles. The number of benzene rings is 1. The van der Waals surface area contributed by atoms with Crippen molar-refractivity contribution >= 4 is 28.5 Å². The summed E-state index contributed by atoms with van der Waals surface area (Å²) in [5.41, 5.74) is 1.06. The molecule has 0 unspecified atom stereocenters. The molecule has 3 aromatic rings. The highest BCUT2D eigenvalue weighted by Crippen LogP contribution is 2.30. The van der Waals surface area contributed by atoms with Gasteiger partial charge in [-0.25, -0.2) is 4.39 Å². The molecule has 2 aromatic heterocycles. The molecule has 0 radical (unpaired) electrons. The van der Waals surface area contributed by atoms with Crippen molar-refractivity contribution in [3.63, 3.8) is 0 Å². The summed E-state index contributed by atoms with van der Waals surface area (Å²) in [7, 11) is 1.77. The third kappa shape index (κ3) is 2.37. The number of nitrogens with zero attached hydrogens (tertiary/aromatic N) is 4. The zero-order chi connectivity index (χ0) is 14.8. The highest BCUT2D eigenvalue weighted by atomic mass is 19.1. The van der Waals surface area contributed by atoms with E-state index >= 15 is 0 Å². The van der Waals surface area contributed by atoms with Gasteiger partial charge >= 0.3 is 0 Å². The first-order chi connectivity index (χ1) is 10.2. The first-order valence-electron chi connectivity index (χ1n) is 6.64. The van der Waals surface area contributed by atoms with E-state index in [1.807, 2.05) is 6.92 Å². The van der Waals surface area contributed by atoms with E-state index < -0.39 is 0 Å². The van der Waals surface area contributed by atoms with Crippen molar-refractivity contribution < 1.29 is 4.39 Å². The second kappa shape index (κ2) is 5.35. The minimum atomic E-state index is -0.305. The molecule has 0 aliphatic heterocycles. The van der Waals surface area contributed by atoms with Crippen molar-refractivity contribution in [3.8, 4) is 0 Å². The van der Waals surface area contributed by atoms with Gasteiger partial charge in [0.05, 0.1) is 17.3 Å². The standard InChI is InChI=1S/C14H15FN6/c1-3-16-14-18-12-9(8-17-20-12)13(19-14)21(2)11-7-5-4-6-10(11)15/h4-8H,3H2,1-2H3,(H2,16,17,18,19,20). The van der Waals surface area contributed by atoms with E-state index in [2.05, 4.69) is 25.5 Å². The summed E-state index contributed by atoms with van der Waals surface area (Å²) in [6.45, 7) is 2.66. The van der Waals surface area contributed by atoms with Gasteiger partial charge in [-0.05, 0) is 19.1 Å². The van der Waals surface area contributed by atoms with Crippen molar-refractivity contribution in [1.29, 1.82) is 0 Å². The van der Waals surface area contributed by atoms with Crippen LogP contribution in [0.3, 0.4) is 0 Å². The molecule has 1 aromatic carbocycles. The maximum atomic E-state index is 14.0. The minimum absolute atomic E-state index is 0.305. The average Bonchev–Trinajstić information content (AvgIpc) is 2.95. The molecule has 21 heavy (non-hydrogen) atoms. The van der Waals surface area contributed by atoms with Crippen molar-refractivity contribution in [1.82, 2.24) is 20.2 Å². The number of halogens is 1. The third-order valence-electron chi connectivity index (χ3n) is 3.16. The van der Waals surface area contributed by atoms with Gasteiger partial charge < -0.3 is 10.2 Å². The van der Waals surface area contributed by atoms with Gasteiger partial charge in [0.15, 0.2) is 5.65 Å². The second-order valence-electron chi connectivity index (χ2n) is 4.54. The maximum absolute atomic E-state index is 14.0. The molecule has 0 bridgehead atoms. The SMILES string of the molecule is CCNc1nc(N(C)c2ccccc2F)c2cn[nH]c2n1. The molecular formula is C14H15FN6. The van der Waals surface area contributed by atoms with Crippen LogP contribution in [0, 0.1) is 5.82 Å². The lowest BCUT2D eigenvalue weighted by Crippen LogP contribution is -2.15. The molecule has 0 amide bonds. The van der Waals surface area contributed by atoms with E-state index in [-0.39, 0.29) is 5.82 Å². The van der Waals surface area contributed by atoms with Crippen LogP contribution < -0.4 is 10.2 Å². The van der Waals surface area contributed by atoms with Crippen molar-refractivity contribution in [2.45, 2.75) is 6.92 Å². The number of aromatic amines is 1. The Kier molecular flexibility index (Phi) is 3.39. The highest BCUT2D eigenvalue weighted by Gasteiger charge is 2.16. The molecule has 0 atom stereocenters. The van der Waals surface area contributed by atoms with Crippen LogP contribution in [0.2, 0.25) is 0 Å². The number of hydrogen-bond donors (Lipinski definition) is 2. The monoisotopic (exact) mass is 286 g/mol. The van der Waals surface area contributed by atoms with Gasteiger partial charge in [0, 0.05) is 13.6 Å². The van der Waals surface area contributed by atoms with Crippen LogP contribution in [-0.4, -0.2) is 33.8 Å². The summed E-state index contributed by atoms with van der Waals surface area (Å²) in [6, 6.07) is 6.57. The van der Waals surface area contributed by atoms with Gasteiger partial charge in [0.2, 0.25) is 5.95 Å². The van der Waals surface area contributed by atoms with E-state index in [0.717, 1.165) is 5.39 Å². The molecule has 6 nitrogen and oxygen atoms in total. The third-order valence-corrected chi connectivity index (χ3v) is 3.16. The van der Waals surface area contributed by atoms with Crippen molar-refractivity contribution in [2.24, 2.45) is 0 Å². The zero-order valence-corrected chi connectivity index (χ0v) is 11.8. The molecule has 0 aliphatic rings. The summed E-state index contributed by atoms with van der Waals surface area (Å²) in [5.74, 6) is 0.766. The highest BCUT2D eigenvalue weighted by molar-refractivity contribution is 5.89. The molecule has 0 saturated heterocycles. The number of H-pyrrole nitrogens is 1. The summed E-state index contributed by atoms with van der Waals surface area (Å²) >= 11 is 0. The van der Waals surface area contributed by atoms with Crippen LogP contribution in [0.5, 0.6) is 0 Å². The van der Waals surface area contributed by atoms with Gasteiger partial charge in [-0.15, -0.1) is 0 Å². The predicted octanol–water partition coefficient (Wildman–Crippen LogP) is 2.69. The van der Waals surface area contributed by atoms with E-state index in [9.17, 15) is 4.39 Å². The van der Waals surface area contributed by atoms with Crippen LogP contribution in [0.15, 0.2) is 30.5 Å². The molecule has 7 heteroatoms. The smallest absolute Gasteiger partial charge is 0.226 e. The molecule has 2 heterocycles. The number of hydrogen-bond acceptors (Lipinski definition) is 5. The van der Waals surface area contributed by atoms with Crippen LogP contribution in [-0.2, 0) is 0 Å². The Bertz CT molecular complexity index is 769. The van der Waals surface area contributed by atoms with Crippen molar-refractivity contribution in [3.05, 3.63) is 36.3 Å². The Labute approximate surface area is 121 Å². The van der Waals surface area contributed by atoms with Crippen LogP contribution in [0.4, 0.5) is 21.8 Å². The van der Waals surface area contributed by atoms with Gasteiger partial charge in [-0.3, -0.25) is 5.10 Å². The summed E-state index contributed by atoms with van der Waals surface area (Å²) in [4.78, 5) is 10.5. The topological polar surface area (TPSA) is 69.7 Å². The summed E-state index contributed by atoms with van der Waals surface area (Å²) in [5, 5.41) is 10.6. The molecule has 3 rings (SSSR count). The van der Waals surface area contributed by atoms with E-state index in [1.54, 1.807) is 36.3 Å². The fraction of sp³-hybridized carbons (Fsp3) is 0.214. The van der Waals surface area contributed by atoms with Crippen LogP contribution in [0.1, 0.15) is 6.92 Å². The normalized spacial score (nSPS) is 10.8. The second-order valence-corrected chi connectivity index (χ2v) is 4.54. The predicted molar refractivity (Wildman–Crippen MR) is 80.3 cm³/mol. The Morgan fingerprint density at radius 1 is 1.29 bits per heavy atom. The number of para-hydroxylation sites is 1. The fourth-order valence-electron chi connectivity index (χ4n) is 2.15. The Balaban J connectivity index is 2.14. The molecule has 0 spiro atoms. The number of anilines is 3.